The summed E-state index contributed by atoms with van der Waals surface area (Å²) in [5, 5.41) is 0. The van der Waals surface area contributed by atoms with E-state index in [1.54, 1.807) is 46.8 Å². The first-order valence-electron chi connectivity index (χ1n) is 7.00. The average Bonchev–Trinajstić information content (AvgIpc) is 2.58. The molecule has 22 heavy (non-hydrogen) atoms. The molecule has 1 aromatic carbocycles. The number of nitrogens with zero attached hydrogens (tertiary/aromatic N) is 1. The largest absolute Gasteiger partial charge is 0.459 e. The zero-order valence-corrected chi connectivity index (χ0v) is 14.3. The van der Waals surface area contributed by atoms with E-state index < -0.39 is 27.1 Å². The maximum atomic E-state index is 12.7. The number of fused-ring (bicyclic) bond motifs is 1. The fourth-order valence-corrected chi connectivity index (χ4v) is 4.25. The molecule has 0 N–H and O–H groups in total. The normalized spacial score (nSPS) is 18.0. The minimum absolute atomic E-state index is 0.106. The van der Waals surface area contributed by atoms with Crippen LogP contribution in [-0.2, 0) is 26.1 Å². The maximum Gasteiger partial charge on any atom is 0.327 e. The van der Waals surface area contributed by atoms with Gasteiger partial charge < -0.3 is 4.74 Å². The Morgan fingerprint density at radius 1 is 1.23 bits per heavy atom. The van der Waals surface area contributed by atoms with Crippen LogP contribution in [0.4, 0.5) is 0 Å². The van der Waals surface area contributed by atoms with Gasteiger partial charge in [-0.2, -0.15) is 4.31 Å². The van der Waals surface area contributed by atoms with E-state index >= 15 is 0 Å². The summed E-state index contributed by atoms with van der Waals surface area (Å²) >= 11 is 0. The van der Waals surface area contributed by atoms with Gasteiger partial charge in [0.05, 0.1) is 4.90 Å². The third-order valence-corrected chi connectivity index (χ3v) is 5.61. The molecule has 0 unspecified atom stereocenters. The Hall–Kier alpha value is -1.34. The van der Waals surface area contributed by atoms with Gasteiger partial charge in [0.1, 0.15) is 19.0 Å². The summed E-state index contributed by atoms with van der Waals surface area (Å²) in [6.07, 6.45) is 0. The van der Waals surface area contributed by atoms with Crippen molar-refractivity contribution in [1.29, 1.82) is 0 Å². The van der Waals surface area contributed by atoms with Gasteiger partial charge in [0.25, 0.3) is 0 Å². The Balaban J connectivity index is 2.40. The number of hydrogen-bond donors (Lipinski definition) is 0. The Kier molecular flexibility index (Phi) is 3.94. The molecule has 0 fully saturated rings. The molecule has 1 aromatic rings. The van der Waals surface area contributed by atoms with E-state index in [9.17, 15) is 13.2 Å². The first-order chi connectivity index (χ1) is 9.85. The molecule has 0 aromatic heterocycles. The summed E-state index contributed by atoms with van der Waals surface area (Å²) < 4.78 is 31.9. The first-order valence-corrected chi connectivity index (χ1v) is 8.44. The van der Waals surface area contributed by atoms with Crippen molar-refractivity contribution in [2.24, 2.45) is 0 Å². The molecule has 0 saturated carbocycles. The van der Waals surface area contributed by atoms with Crippen LogP contribution >= 0.6 is 0 Å². The molecule has 5 nitrogen and oxygen atoms in total. The Labute approximate surface area is 133 Å². The van der Waals surface area contributed by atoms with E-state index in [0.29, 0.717) is 11.0 Å². The van der Waals surface area contributed by atoms with Gasteiger partial charge >= 0.3 is 5.97 Å². The highest BCUT2D eigenvalue weighted by molar-refractivity contribution is 7.89. The third-order valence-electron chi connectivity index (χ3n) is 3.49. The molecule has 0 atom stereocenters. The van der Waals surface area contributed by atoms with E-state index in [1.165, 1.54) is 6.07 Å². The van der Waals surface area contributed by atoms with Crippen molar-refractivity contribution in [3.05, 3.63) is 23.8 Å². The molecule has 0 bridgehead atoms. The smallest absolute Gasteiger partial charge is 0.327 e. The van der Waals surface area contributed by atoms with Crippen molar-refractivity contribution in [1.82, 2.24) is 4.31 Å². The molecule has 0 aliphatic carbocycles. The highest BCUT2D eigenvalue weighted by Gasteiger charge is 2.48. The van der Waals surface area contributed by atoms with Crippen molar-refractivity contribution in [3.8, 4) is 0 Å². The van der Waals surface area contributed by atoms with E-state index in [-0.39, 0.29) is 11.4 Å². The number of esters is 1. The minimum atomic E-state index is -3.74. The van der Waals surface area contributed by atoms with Gasteiger partial charge in [-0.05, 0) is 46.2 Å². The minimum Gasteiger partial charge on any atom is -0.459 e. The summed E-state index contributed by atoms with van der Waals surface area (Å²) in [5.74, 6) is -0.579. The van der Waals surface area contributed by atoms with Gasteiger partial charge in [0.2, 0.25) is 10.0 Å². The number of benzene rings is 1. The van der Waals surface area contributed by atoms with E-state index in [2.05, 4.69) is 0 Å². The molecule has 2 rings (SSSR count). The van der Waals surface area contributed by atoms with Gasteiger partial charge in [0, 0.05) is 6.54 Å². The van der Waals surface area contributed by atoms with Crippen molar-refractivity contribution in [3.63, 3.8) is 0 Å². The van der Waals surface area contributed by atoms with Gasteiger partial charge in [-0.15, -0.1) is 0 Å². The molecule has 1 aliphatic rings. The van der Waals surface area contributed by atoms with Crippen molar-refractivity contribution >= 4 is 29.3 Å². The molecule has 0 saturated heterocycles. The zero-order valence-electron chi connectivity index (χ0n) is 13.5. The van der Waals surface area contributed by atoms with Crippen molar-refractivity contribution < 1.29 is 17.9 Å². The SMILES string of the molecule is [B]c1ccc2c(c1)CN(C(C)(C)C(=O)OC(C)(C)C)S2(=O)=O. The summed E-state index contributed by atoms with van der Waals surface area (Å²) in [7, 11) is 1.97. The number of carbonyl (C=O) groups is 1. The standard InChI is InChI=1S/C15H20BNO4S/c1-14(2,3)21-13(18)15(4,5)17-9-10-8-11(16)6-7-12(10)22(17,19)20/h6-8H,9H2,1-5H3. The van der Waals surface area contributed by atoms with Crippen molar-refractivity contribution in [2.45, 2.75) is 57.2 Å². The summed E-state index contributed by atoms with van der Waals surface area (Å²) in [4.78, 5) is 12.6. The zero-order chi connectivity index (χ0) is 16.9. The predicted molar refractivity (Wildman–Crippen MR) is 84.5 cm³/mol. The second-order valence-corrected chi connectivity index (χ2v) is 8.77. The highest BCUT2D eigenvalue weighted by Crippen LogP contribution is 2.36. The molecule has 0 amide bonds. The summed E-state index contributed by atoms with van der Waals surface area (Å²) in [6.45, 7) is 8.44. The quantitative estimate of drug-likeness (QED) is 0.605. The lowest BCUT2D eigenvalue weighted by atomic mass is 9.94. The molecular weight excluding hydrogens is 301 g/mol. The molecule has 118 valence electrons. The number of hydrogen-bond acceptors (Lipinski definition) is 4. The predicted octanol–water partition coefficient (Wildman–Crippen LogP) is 1.10. The Morgan fingerprint density at radius 3 is 2.36 bits per heavy atom. The average molecular weight is 321 g/mol. The number of ether oxygens (including phenoxy) is 1. The highest BCUT2D eigenvalue weighted by atomic mass is 32.2. The number of carbonyl (C=O) groups excluding carboxylic acids is 1. The first kappa shape index (κ1) is 17.0. The van der Waals surface area contributed by atoms with Crippen LogP contribution in [0.1, 0.15) is 40.2 Å². The molecule has 1 aliphatic heterocycles. The molecular formula is C15H20BNO4S. The van der Waals surface area contributed by atoms with Crippen LogP contribution in [0, 0.1) is 0 Å². The van der Waals surface area contributed by atoms with Gasteiger partial charge in [-0.1, -0.05) is 17.6 Å². The molecule has 1 heterocycles. The van der Waals surface area contributed by atoms with Crippen LogP contribution in [0.3, 0.4) is 0 Å². The van der Waals surface area contributed by atoms with Gasteiger partial charge in [-0.25, -0.2) is 8.42 Å². The van der Waals surface area contributed by atoms with Crippen LogP contribution in [-0.4, -0.2) is 37.7 Å². The van der Waals surface area contributed by atoms with Gasteiger partial charge in [0.15, 0.2) is 0 Å². The second-order valence-electron chi connectivity index (χ2n) is 6.94. The van der Waals surface area contributed by atoms with E-state index in [1.807, 2.05) is 0 Å². The lowest BCUT2D eigenvalue weighted by Gasteiger charge is -2.34. The summed E-state index contributed by atoms with van der Waals surface area (Å²) in [5.41, 5.74) is -0.905. The molecule has 0 spiro atoms. The fourth-order valence-electron chi connectivity index (χ4n) is 2.34. The summed E-state index contributed by atoms with van der Waals surface area (Å²) in [6, 6.07) is 4.64. The van der Waals surface area contributed by atoms with Crippen LogP contribution in [0.25, 0.3) is 0 Å². The monoisotopic (exact) mass is 321 g/mol. The van der Waals surface area contributed by atoms with Gasteiger partial charge in [-0.3, -0.25) is 4.79 Å². The second kappa shape index (κ2) is 5.10. The Morgan fingerprint density at radius 2 is 1.82 bits per heavy atom. The Bertz CT molecular complexity index is 720. The van der Waals surface area contributed by atoms with Crippen LogP contribution in [0.15, 0.2) is 23.1 Å². The van der Waals surface area contributed by atoms with E-state index in [4.69, 9.17) is 12.6 Å². The third kappa shape index (κ3) is 2.92. The maximum absolute atomic E-state index is 12.7. The van der Waals surface area contributed by atoms with Crippen LogP contribution in [0.2, 0.25) is 0 Å². The van der Waals surface area contributed by atoms with Crippen LogP contribution in [0.5, 0.6) is 0 Å². The van der Waals surface area contributed by atoms with E-state index in [0.717, 1.165) is 4.31 Å². The van der Waals surface area contributed by atoms with Crippen LogP contribution < -0.4 is 5.46 Å². The van der Waals surface area contributed by atoms with Crippen molar-refractivity contribution in [2.75, 3.05) is 0 Å². The lowest BCUT2D eigenvalue weighted by Crippen LogP contribution is -2.52. The molecule has 7 heteroatoms. The molecule has 2 radical (unpaired) electrons. The topological polar surface area (TPSA) is 63.7 Å². The number of sulfonamides is 1. The fraction of sp³-hybridized carbons (Fsp3) is 0.533. The lowest BCUT2D eigenvalue weighted by molar-refractivity contribution is -0.165. The number of rotatable bonds is 2.